The fraction of sp³-hybridized carbons (Fsp3) is 0.222. The summed E-state index contributed by atoms with van der Waals surface area (Å²) in [5, 5.41) is 2.58. The van der Waals surface area contributed by atoms with Crippen molar-refractivity contribution >= 4 is 23.5 Å². The number of aromatic nitrogens is 1. The molecule has 0 unspecified atom stereocenters. The van der Waals surface area contributed by atoms with Crippen LogP contribution in [-0.4, -0.2) is 52.1 Å². The van der Waals surface area contributed by atoms with E-state index in [4.69, 9.17) is 0 Å². The van der Waals surface area contributed by atoms with Crippen LogP contribution in [0.15, 0.2) is 48.7 Å². The average Bonchev–Trinajstić information content (AvgIpc) is 2.64. The van der Waals surface area contributed by atoms with Crippen molar-refractivity contribution < 1.29 is 18.8 Å². The van der Waals surface area contributed by atoms with Gasteiger partial charge in [-0.3, -0.25) is 14.4 Å². The number of halogens is 1. The summed E-state index contributed by atoms with van der Waals surface area (Å²) in [6.07, 6.45) is 1.54. The van der Waals surface area contributed by atoms with Crippen molar-refractivity contribution in [1.29, 1.82) is 0 Å². The summed E-state index contributed by atoms with van der Waals surface area (Å²) in [5.41, 5.74) is 0.730. The van der Waals surface area contributed by atoms with Crippen molar-refractivity contribution in [1.82, 2.24) is 14.8 Å². The van der Waals surface area contributed by atoms with E-state index in [0.717, 1.165) is 5.56 Å². The molecule has 0 aliphatic carbocycles. The summed E-state index contributed by atoms with van der Waals surface area (Å²) in [6.45, 7) is 0.560. The van der Waals surface area contributed by atoms with Gasteiger partial charge in [0.25, 0.3) is 0 Å². The lowest BCUT2D eigenvalue weighted by atomic mass is 10.2. The summed E-state index contributed by atoms with van der Waals surface area (Å²) in [5.74, 6) is -1.80. The van der Waals surface area contributed by atoms with Crippen LogP contribution in [0.5, 0.6) is 0 Å². The normalized spacial score (nSPS) is 14.5. The molecule has 0 bridgehead atoms. The van der Waals surface area contributed by atoms with Crippen molar-refractivity contribution in [2.45, 2.75) is 6.54 Å². The van der Waals surface area contributed by atoms with Crippen LogP contribution in [0.3, 0.4) is 0 Å². The third-order valence-corrected chi connectivity index (χ3v) is 3.95. The van der Waals surface area contributed by atoms with Crippen LogP contribution in [0.2, 0.25) is 0 Å². The highest BCUT2D eigenvalue weighted by atomic mass is 19.1. The first-order valence-corrected chi connectivity index (χ1v) is 8.06. The van der Waals surface area contributed by atoms with Crippen molar-refractivity contribution in [3.8, 4) is 0 Å². The summed E-state index contributed by atoms with van der Waals surface area (Å²) in [7, 11) is 0. The molecular weight excluding hydrogens is 339 g/mol. The molecule has 3 amide bonds. The molecule has 7 nitrogen and oxygen atoms in total. The van der Waals surface area contributed by atoms with Gasteiger partial charge >= 0.3 is 11.8 Å². The first-order valence-electron chi connectivity index (χ1n) is 8.06. The monoisotopic (exact) mass is 356 g/mol. The number of pyridine rings is 1. The van der Waals surface area contributed by atoms with E-state index in [-0.39, 0.29) is 25.5 Å². The van der Waals surface area contributed by atoms with Gasteiger partial charge in [-0.2, -0.15) is 0 Å². The number of hydrogen-bond donors (Lipinski definition) is 1. The van der Waals surface area contributed by atoms with E-state index in [9.17, 15) is 18.8 Å². The van der Waals surface area contributed by atoms with Gasteiger partial charge in [0.2, 0.25) is 5.91 Å². The molecule has 1 saturated heterocycles. The predicted octanol–water partition coefficient (Wildman–Crippen LogP) is 1.03. The summed E-state index contributed by atoms with van der Waals surface area (Å²) < 4.78 is 12.9. The number of hydrogen-bond acceptors (Lipinski definition) is 4. The van der Waals surface area contributed by atoms with Crippen molar-refractivity contribution in [2.24, 2.45) is 0 Å². The largest absolute Gasteiger partial charge is 0.328 e. The molecule has 2 aromatic rings. The summed E-state index contributed by atoms with van der Waals surface area (Å²) in [4.78, 5) is 43.1. The molecule has 26 heavy (non-hydrogen) atoms. The number of nitrogens with zero attached hydrogens (tertiary/aromatic N) is 3. The molecule has 134 valence electrons. The lowest BCUT2D eigenvalue weighted by molar-refractivity contribution is -0.157. The predicted molar refractivity (Wildman–Crippen MR) is 91.3 cm³/mol. The highest BCUT2D eigenvalue weighted by Crippen LogP contribution is 2.12. The van der Waals surface area contributed by atoms with Crippen molar-refractivity contribution in [3.05, 3.63) is 60.0 Å². The molecule has 8 heteroatoms. The highest BCUT2D eigenvalue weighted by molar-refractivity contribution is 6.35. The molecule has 0 atom stereocenters. The number of carbonyl (C=O) groups is 3. The van der Waals surface area contributed by atoms with Gasteiger partial charge in [-0.15, -0.1) is 0 Å². The Hall–Kier alpha value is -3.29. The molecule has 3 rings (SSSR count). The maximum absolute atomic E-state index is 12.9. The molecule has 1 fully saturated rings. The molecule has 0 saturated carbocycles. The number of nitrogens with one attached hydrogen (secondary N) is 1. The van der Waals surface area contributed by atoms with Gasteiger partial charge in [0.05, 0.1) is 0 Å². The van der Waals surface area contributed by atoms with Gasteiger partial charge in [0.15, 0.2) is 0 Å². The second-order valence-electron chi connectivity index (χ2n) is 5.84. The SMILES string of the molecule is O=C(CN1CCN(Cc2ccc(F)cc2)C(=O)C1=O)Nc1ccccn1. The molecule has 1 N–H and O–H groups in total. The maximum atomic E-state index is 12.9. The van der Waals surface area contributed by atoms with Crippen LogP contribution in [-0.2, 0) is 20.9 Å². The van der Waals surface area contributed by atoms with Crippen molar-refractivity contribution in [3.63, 3.8) is 0 Å². The quantitative estimate of drug-likeness (QED) is 0.812. The highest BCUT2D eigenvalue weighted by Gasteiger charge is 2.33. The Morgan fingerprint density at radius 1 is 1.04 bits per heavy atom. The molecule has 2 heterocycles. The number of piperazine rings is 1. The lowest BCUT2D eigenvalue weighted by Gasteiger charge is -2.33. The zero-order valence-electron chi connectivity index (χ0n) is 13.9. The second kappa shape index (κ2) is 7.73. The Morgan fingerprint density at radius 3 is 2.42 bits per heavy atom. The fourth-order valence-electron chi connectivity index (χ4n) is 2.62. The number of benzene rings is 1. The molecule has 1 aromatic carbocycles. The summed E-state index contributed by atoms with van der Waals surface area (Å²) in [6, 6.07) is 10.8. The van der Waals surface area contributed by atoms with Crippen LogP contribution in [0.1, 0.15) is 5.56 Å². The van der Waals surface area contributed by atoms with E-state index in [1.807, 2.05) is 0 Å². The van der Waals surface area contributed by atoms with E-state index in [2.05, 4.69) is 10.3 Å². The fourth-order valence-corrected chi connectivity index (χ4v) is 2.62. The number of rotatable bonds is 5. The zero-order valence-corrected chi connectivity index (χ0v) is 13.9. The van der Waals surface area contributed by atoms with Gasteiger partial charge < -0.3 is 15.1 Å². The van der Waals surface area contributed by atoms with Crippen LogP contribution >= 0.6 is 0 Å². The van der Waals surface area contributed by atoms with Crippen LogP contribution in [0.4, 0.5) is 10.2 Å². The van der Waals surface area contributed by atoms with Gasteiger partial charge in [0, 0.05) is 25.8 Å². The van der Waals surface area contributed by atoms with E-state index in [1.54, 1.807) is 36.5 Å². The zero-order chi connectivity index (χ0) is 18.5. The summed E-state index contributed by atoms with van der Waals surface area (Å²) >= 11 is 0. The van der Waals surface area contributed by atoms with Gasteiger partial charge in [-0.25, -0.2) is 9.37 Å². The third kappa shape index (κ3) is 4.21. The van der Waals surface area contributed by atoms with Gasteiger partial charge in [-0.1, -0.05) is 18.2 Å². The minimum absolute atomic E-state index is 0.217. The molecule has 0 spiro atoms. The molecular formula is C18H17FN4O3. The average molecular weight is 356 g/mol. The van der Waals surface area contributed by atoms with E-state index in [1.165, 1.54) is 21.9 Å². The van der Waals surface area contributed by atoms with Gasteiger partial charge in [-0.05, 0) is 29.8 Å². The Morgan fingerprint density at radius 2 is 1.73 bits per heavy atom. The van der Waals surface area contributed by atoms with Crippen LogP contribution in [0.25, 0.3) is 0 Å². The maximum Gasteiger partial charge on any atom is 0.312 e. The Balaban J connectivity index is 1.56. The Labute approximate surface area is 149 Å². The standard InChI is InChI=1S/C18H17FN4O3/c19-14-6-4-13(5-7-14)11-22-9-10-23(18(26)17(22)25)12-16(24)21-15-3-1-2-8-20-15/h1-8H,9-12H2,(H,20,21,24). The first-order chi connectivity index (χ1) is 12.5. The molecule has 1 aliphatic rings. The van der Waals surface area contributed by atoms with Gasteiger partial charge in [0.1, 0.15) is 18.2 Å². The molecule has 1 aromatic heterocycles. The Kier molecular flexibility index (Phi) is 5.21. The van der Waals surface area contributed by atoms with E-state index < -0.39 is 17.7 Å². The Bertz CT molecular complexity index is 811. The molecule has 0 radical (unpaired) electrons. The number of amides is 3. The lowest BCUT2D eigenvalue weighted by Crippen LogP contribution is -2.55. The minimum atomic E-state index is -0.727. The van der Waals surface area contributed by atoms with Crippen LogP contribution < -0.4 is 5.32 Å². The van der Waals surface area contributed by atoms with E-state index >= 15 is 0 Å². The second-order valence-corrected chi connectivity index (χ2v) is 5.84. The van der Waals surface area contributed by atoms with E-state index in [0.29, 0.717) is 12.4 Å². The first kappa shape index (κ1) is 17.5. The van der Waals surface area contributed by atoms with Crippen LogP contribution in [0, 0.1) is 5.82 Å². The third-order valence-electron chi connectivity index (χ3n) is 3.95. The molecule has 1 aliphatic heterocycles. The smallest absolute Gasteiger partial charge is 0.312 e. The van der Waals surface area contributed by atoms with Crippen molar-refractivity contribution in [2.75, 3.05) is 25.0 Å². The number of carbonyl (C=O) groups excluding carboxylic acids is 3. The topological polar surface area (TPSA) is 82.6 Å². The minimum Gasteiger partial charge on any atom is -0.328 e. The number of anilines is 1.